The van der Waals surface area contributed by atoms with Crippen molar-refractivity contribution in [2.24, 2.45) is 0 Å². The van der Waals surface area contributed by atoms with Gasteiger partial charge in [-0.1, -0.05) is 109 Å². The number of thiophene rings is 1. The molecule has 0 atom stereocenters. The van der Waals surface area contributed by atoms with E-state index >= 15 is 0 Å². The van der Waals surface area contributed by atoms with Crippen LogP contribution in [0.2, 0.25) is 0 Å². The molecular formula is C40H22S. The van der Waals surface area contributed by atoms with Crippen molar-refractivity contribution >= 4 is 85.4 Å². The van der Waals surface area contributed by atoms with Crippen LogP contribution in [0.4, 0.5) is 0 Å². The van der Waals surface area contributed by atoms with Crippen LogP contribution in [0.3, 0.4) is 0 Å². The predicted molar refractivity (Wildman–Crippen MR) is 180 cm³/mol. The van der Waals surface area contributed by atoms with Crippen LogP contribution in [0.25, 0.3) is 96.3 Å². The van der Waals surface area contributed by atoms with E-state index < -0.39 is 0 Å². The molecule has 1 heteroatoms. The Morgan fingerprint density at radius 3 is 1.51 bits per heavy atom. The summed E-state index contributed by atoms with van der Waals surface area (Å²) in [7, 11) is 0. The van der Waals surface area contributed by atoms with Gasteiger partial charge in [-0.2, -0.15) is 0 Å². The minimum absolute atomic E-state index is 1.26. The summed E-state index contributed by atoms with van der Waals surface area (Å²) in [6, 6.07) is 50.0. The fraction of sp³-hybridized carbons (Fsp3) is 0. The van der Waals surface area contributed by atoms with Crippen molar-refractivity contribution in [1.82, 2.24) is 0 Å². The monoisotopic (exact) mass is 534 g/mol. The highest BCUT2D eigenvalue weighted by Gasteiger charge is 2.15. The lowest BCUT2D eigenvalue weighted by molar-refractivity contribution is 1.68. The standard InChI is InChI=1S/C40H22S/c1-3-23-7-8-26-13-16-31(33-17-14-24(4-1)37(23)38(26)33)29-11-9-28-22-30(12-10-27(28)21-29)32-19-20-36-40-34(32)18-15-25-5-2-6-35(41-36)39(25)40/h1-22H. The second-order valence-corrected chi connectivity index (χ2v) is 12.4. The van der Waals surface area contributed by atoms with Crippen molar-refractivity contribution in [3.05, 3.63) is 133 Å². The summed E-state index contributed by atoms with van der Waals surface area (Å²) in [4.78, 5) is 0. The molecule has 0 aliphatic rings. The molecule has 10 rings (SSSR count). The van der Waals surface area contributed by atoms with Crippen LogP contribution < -0.4 is 0 Å². The van der Waals surface area contributed by atoms with E-state index in [1.165, 1.54) is 96.3 Å². The van der Waals surface area contributed by atoms with Gasteiger partial charge in [-0.3, -0.25) is 0 Å². The highest BCUT2D eigenvalue weighted by molar-refractivity contribution is 7.26. The quantitative estimate of drug-likeness (QED) is 0.193. The van der Waals surface area contributed by atoms with E-state index in [2.05, 4.69) is 133 Å². The van der Waals surface area contributed by atoms with Gasteiger partial charge in [0.2, 0.25) is 0 Å². The van der Waals surface area contributed by atoms with Crippen LogP contribution in [-0.4, -0.2) is 0 Å². The molecule has 0 radical (unpaired) electrons. The average molecular weight is 535 g/mol. The summed E-state index contributed by atoms with van der Waals surface area (Å²) in [5, 5.41) is 16.0. The van der Waals surface area contributed by atoms with E-state index in [1.54, 1.807) is 0 Å². The number of hydrogen-bond acceptors (Lipinski definition) is 1. The van der Waals surface area contributed by atoms with Crippen molar-refractivity contribution in [2.45, 2.75) is 0 Å². The molecule has 0 aliphatic heterocycles. The molecule has 0 saturated carbocycles. The molecule has 0 nitrogen and oxygen atoms in total. The maximum Gasteiger partial charge on any atom is 0.0362 e. The Balaban J connectivity index is 1.14. The second-order valence-electron chi connectivity index (χ2n) is 11.3. The van der Waals surface area contributed by atoms with Gasteiger partial charge in [0.25, 0.3) is 0 Å². The zero-order valence-electron chi connectivity index (χ0n) is 22.1. The summed E-state index contributed by atoms with van der Waals surface area (Å²) in [6.45, 7) is 0. The molecule has 0 bridgehead atoms. The smallest absolute Gasteiger partial charge is 0.0362 e. The lowest BCUT2D eigenvalue weighted by Crippen LogP contribution is -1.88. The molecule has 188 valence electrons. The predicted octanol–water partition coefficient (Wildman–Crippen LogP) is 12.0. The lowest BCUT2D eigenvalue weighted by Gasteiger charge is -2.15. The fourth-order valence-corrected chi connectivity index (χ4v) is 8.42. The van der Waals surface area contributed by atoms with Crippen LogP contribution in [0.5, 0.6) is 0 Å². The van der Waals surface area contributed by atoms with Crippen LogP contribution in [-0.2, 0) is 0 Å². The third-order valence-corrected chi connectivity index (χ3v) is 10.3. The average Bonchev–Trinajstić information content (AvgIpc) is 3.42. The molecule has 1 heterocycles. The van der Waals surface area contributed by atoms with Crippen molar-refractivity contribution in [2.75, 3.05) is 0 Å². The second kappa shape index (κ2) is 7.81. The molecular weight excluding hydrogens is 513 g/mol. The topological polar surface area (TPSA) is 0 Å². The van der Waals surface area contributed by atoms with Gasteiger partial charge in [-0.25, -0.2) is 0 Å². The van der Waals surface area contributed by atoms with Crippen LogP contribution in [0.1, 0.15) is 0 Å². The molecule has 0 N–H and O–H groups in total. The Hall–Kier alpha value is -4.98. The Morgan fingerprint density at radius 2 is 0.805 bits per heavy atom. The van der Waals surface area contributed by atoms with Gasteiger partial charge in [0, 0.05) is 20.2 Å². The first-order chi connectivity index (χ1) is 20.3. The van der Waals surface area contributed by atoms with Crippen molar-refractivity contribution in [1.29, 1.82) is 0 Å². The Labute approximate surface area is 240 Å². The molecule has 0 amide bonds. The van der Waals surface area contributed by atoms with E-state index in [4.69, 9.17) is 0 Å². The van der Waals surface area contributed by atoms with Crippen LogP contribution >= 0.6 is 11.3 Å². The van der Waals surface area contributed by atoms with Crippen LogP contribution in [0, 0.1) is 0 Å². The van der Waals surface area contributed by atoms with E-state index in [9.17, 15) is 0 Å². The van der Waals surface area contributed by atoms with Gasteiger partial charge in [-0.15, -0.1) is 11.3 Å². The molecule has 0 saturated heterocycles. The maximum absolute atomic E-state index is 2.36. The van der Waals surface area contributed by atoms with E-state index in [-0.39, 0.29) is 0 Å². The third-order valence-electron chi connectivity index (χ3n) is 9.16. The van der Waals surface area contributed by atoms with Gasteiger partial charge in [0.15, 0.2) is 0 Å². The largest absolute Gasteiger partial charge is 0.135 e. The van der Waals surface area contributed by atoms with Crippen molar-refractivity contribution in [3.8, 4) is 22.3 Å². The van der Waals surface area contributed by atoms with Crippen molar-refractivity contribution in [3.63, 3.8) is 0 Å². The molecule has 10 aromatic rings. The summed E-state index contributed by atoms with van der Waals surface area (Å²) in [5.74, 6) is 0. The van der Waals surface area contributed by atoms with E-state index in [0.717, 1.165) is 0 Å². The van der Waals surface area contributed by atoms with Crippen LogP contribution in [0.15, 0.2) is 133 Å². The molecule has 9 aromatic carbocycles. The minimum Gasteiger partial charge on any atom is -0.135 e. The Morgan fingerprint density at radius 1 is 0.317 bits per heavy atom. The Bertz CT molecular complexity index is 2620. The molecule has 0 fully saturated rings. The molecule has 0 aliphatic carbocycles. The molecule has 0 spiro atoms. The molecule has 41 heavy (non-hydrogen) atoms. The van der Waals surface area contributed by atoms with Gasteiger partial charge < -0.3 is 0 Å². The first kappa shape index (κ1) is 21.8. The molecule has 1 aromatic heterocycles. The summed E-state index contributed by atoms with van der Waals surface area (Å²) < 4.78 is 2.74. The van der Waals surface area contributed by atoms with Gasteiger partial charge in [0.05, 0.1) is 0 Å². The van der Waals surface area contributed by atoms with Gasteiger partial charge in [-0.05, 0) is 100 Å². The zero-order valence-corrected chi connectivity index (χ0v) is 22.9. The molecule has 0 unspecified atom stereocenters. The highest BCUT2D eigenvalue weighted by Crippen LogP contribution is 2.44. The lowest BCUT2D eigenvalue weighted by atomic mass is 9.89. The summed E-state index contributed by atoms with van der Waals surface area (Å²) in [6.07, 6.45) is 0. The normalized spacial score (nSPS) is 12.4. The number of fused-ring (bicyclic) bond motifs is 1. The number of benzene rings is 9. The first-order valence-corrected chi connectivity index (χ1v) is 15.0. The third kappa shape index (κ3) is 2.94. The summed E-state index contributed by atoms with van der Waals surface area (Å²) >= 11 is 1.90. The number of hydrogen-bond donors (Lipinski definition) is 0. The first-order valence-electron chi connectivity index (χ1n) is 14.2. The number of rotatable bonds is 2. The Kier molecular flexibility index (Phi) is 4.15. The SMILES string of the molecule is c1cc2ccc3ccc(-c4ccc5cc(-c6ccc7sc8cccc9ccc6c7c98)ccc5c4)c4ccc(c1)c2c34. The van der Waals surface area contributed by atoms with Gasteiger partial charge in [0.1, 0.15) is 0 Å². The van der Waals surface area contributed by atoms with E-state index in [1.807, 2.05) is 11.3 Å². The summed E-state index contributed by atoms with van der Waals surface area (Å²) in [5.41, 5.74) is 5.13. The minimum atomic E-state index is 1.26. The van der Waals surface area contributed by atoms with Crippen molar-refractivity contribution < 1.29 is 0 Å². The zero-order chi connectivity index (χ0) is 26.7. The highest BCUT2D eigenvalue weighted by atomic mass is 32.1. The van der Waals surface area contributed by atoms with Gasteiger partial charge >= 0.3 is 0 Å². The maximum atomic E-state index is 2.36. The van der Waals surface area contributed by atoms with E-state index in [0.29, 0.717) is 0 Å². The fourth-order valence-electron chi connectivity index (χ4n) is 7.27.